The Hall–Kier alpha value is -2.09. The Labute approximate surface area is 132 Å². The lowest BCUT2D eigenvalue weighted by atomic mass is 9.80. The molecule has 22 heavy (non-hydrogen) atoms. The van der Waals surface area contributed by atoms with Gasteiger partial charge in [-0.3, -0.25) is 4.79 Å². The summed E-state index contributed by atoms with van der Waals surface area (Å²) >= 11 is 0. The van der Waals surface area contributed by atoms with Gasteiger partial charge in [0.05, 0.1) is 6.54 Å². The number of para-hydroxylation sites is 1. The molecule has 0 amide bonds. The molecule has 2 heteroatoms. The Morgan fingerprint density at radius 1 is 1.09 bits per heavy atom. The van der Waals surface area contributed by atoms with Crippen molar-refractivity contribution in [3.8, 4) is 0 Å². The average molecular weight is 293 g/mol. The highest BCUT2D eigenvalue weighted by molar-refractivity contribution is 5.99. The maximum atomic E-state index is 12.7. The Kier molecular flexibility index (Phi) is 3.78. The first-order chi connectivity index (χ1) is 10.5. The van der Waals surface area contributed by atoms with E-state index in [-0.39, 0.29) is 11.3 Å². The van der Waals surface area contributed by atoms with Crippen LogP contribution in [0.3, 0.4) is 0 Å². The van der Waals surface area contributed by atoms with Gasteiger partial charge in [0, 0.05) is 16.8 Å². The predicted octanol–water partition coefficient (Wildman–Crippen LogP) is 4.66. The van der Waals surface area contributed by atoms with Crippen LogP contribution in [0.5, 0.6) is 0 Å². The summed E-state index contributed by atoms with van der Waals surface area (Å²) in [6, 6.07) is 18.1. The number of rotatable bonds is 3. The van der Waals surface area contributed by atoms with E-state index in [4.69, 9.17) is 0 Å². The summed E-state index contributed by atoms with van der Waals surface area (Å²) in [4.78, 5) is 14.9. The van der Waals surface area contributed by atoms with Crippen molar-refractivity contribution in [3.63, 3.8) is 0 Å². The topological polar surface area (TPSA) is 20.3 Å². The number of hydrogen-bond donors (Lipinski definition) is 0. The van der Waals surface area contributed by atoms with Gasteiger partial charge in [-0.15, -0.1) is 0 Å². The normalized spacial score (nSPS) is 19.6. The van der Waals surface area contributed by atoms with Crippen molar-refractivity contribution in [1.29, 1.82) is 0 Å². The summed E-state index contributed by atoms with van der Waals surface area (Å²) < 4.78 is 0. The molecule has 1 unspecified atom stereocenters. The third-order valence-electron chi connectivity index (χ3n) is 4.69. The van der Waals surface area contributed by atoms with E-state index in [0.717, 1.165) is 12.0 Å². The van der Waals surface area contributed by atoms with E-state index in [1.165, 1.54) is 11.3 Å². The van der Waals surface area contributed by atoms with Crippen LogP contribution in [0.2, 0.25) is 0 Å². The minimum absolute atomic E-state index is 0.0157. The second-order valence-corrected chi connectivity index (χ2v) is 6.85. The van der Waals surface area contributed by atoms with Gasteiger partial charge in [0.25, 0.3) is 0 Å². The third-order valence-corrected chi connectivity index (χ3v) is 4.69. The number of benzene rings is 2. The lowest BCUT2D eigenvalue weighted by Crippen LogP contribution is -2.50. The Morgan fingerprint density at radius 3 is 2.45 bits per heavy atom. The molecule has 1 heterocycles. The van der Waals surface area contributed by atoms with Crippen LogP contribution in [0, 0.1) is 0 Å². The first-order valence-corrected chi connectivity index (χ1v) is 7.94. The van der Waals surface area contributed by atoms with Gasteiger partial charge in [0.2, 0.25) is 0 Å². The van der Waals surface area contributed by atoms with Crippen molar-refractivity contribution in [3.05, 3.63) is 65.7 Å². The molecule has 0 spiro atoms. The zero-order chi connectivity index (χ0) is 15.7. The summed E-state index contributed by atoms with van der Waals surface area (Å²) in [5.74, 6) is 0.701. The molecule has 0 fully saturated rings. The average Bonchev–Trinajstić information content (AvgIpc) is 2.51. The lowest BCUT2D eigenvalue weighted by molar-refractivity contribution is 0.0991. The minimum Gasteiger partial charge on any atom is -0.358 e. The summed E-state index contributed by atoms with van der Waals surface area (Å²) in [6.45, 7) is 7.17. The molecule has 1 aliphatic heterocycles. The Balaban J connectivity index is 1.95. The van der Waals surface area contributed by atoms with E-state index in [0.29, 0.717) is 12.5 Å². The summed E-state index contributed by atoms with van der Waals surface area (Å²) in [5, 5.41) is 0. The highest BCUT2D eigenvalue weighted by atomic mass is 16.1. The highest BCUT2D eigenvalue weighted by Gasteiger charge is 2.36. The smallest absolute Gasteiger partial charge is 0.182 e. The van der Waals surface area contributed by atoms with Crippen LogP contribution < -0.4 is 4.90 Å². The van der Waals surface area contributed by atoms with E-state index in [1.54, 1.807) is 0 Å². The van der Waals surface area contributed by atoms with Gasteiger partial charge in [0.1, 0.15) is 0 Å². The van der Waals surface area contributed by atoms with Crippen LogP contribution in [0.15, 0.2) is 54.6 Å². The fourth-order valence-electron chi connectivity index (χ4n) is 3.60. The lowest BCUT2D eigenvalue weighted by Gasteiger charge is -2.47. The fraction of sp³-hybridized carbons (Fsp3) is 0.350. The van der Waals surface area contributed by atoms with Gasteiger partial charge < -0.3 is 4.90 Å². The maximum absolute atomic E-state index is 12.7. The molecule has 2 aromatic rings. The molecule has 1 aliphatic rings. The molecule has 2 nitrogen and oxygen atoms in total. The molecule has 1 atom stereocenters. The van der Waals surface area contributed by atoms with Crippen molar-refractivity contribution >= 4 is 11.5 Å². The van der Waals surface area contributed by atoms with Crippen molar-refractivity contribution in [2.75, 3.05) is 11.4 Å². The summed E-state index contributed by atoms with van der Waals surface area (Å²) in [7, 11) is 0. The molecule has 0 saturated carbocycles. The predicted molar refractivity (Wildman–Crippen MR) is 91.7 cm³/mol. The molecule has 0 aliphatic carbocycles. The SMILES string of the molecule is CC1CC(C)(C)N(CC(=O)c2ccccc2)c2ccccc21. The molecule has 0 aromatic heterocycles. The molecule has 2 aromatic carbocycles. The molecule has 0 bridgehead atoms. The van der Waals surface area contributed by atoms with Gasteiger partial charge in [-0.05, 0) is 37.8 Å². The second kappa shape index (κ2) is 5.60. The first kappa shape index (κ1) is 14.8. The summed E-state index contributed by atoms with van der Waals surface area (Å²) in [6.07, 6.45) is 1.06. The van der Waals surface area contributed by atoms with E-state index in [9.17, 15) is 4.79 Å². The van der Waals surface area contributed by atoms with Gasteiger partial charge in [0.15, 0.2) is 5.78 Å². The number of ketones is 1. The van der Waals surface area contributed by atoms with E-state index in [2.05, 4.69) is 49.9 Å². The van der Waals surface area contributed by atoms with Crippen LogP contribution in [0.4, 0.5) is 5.69 Å². The number of carbonyl (C=O) groups excluding carboxylic acids is 1. The van der Waals surface area contributed by atoms with Crippen molar-refractivity contribution in [2.45, 2.75) is 38.6 Å². The van der Waals surface area contributed by atoms with Gasteiger partial charge in [-0.25, -0.2) is 0 Å². The maximum Gasteiger partial charge on any atom is 0.182 e. The van der Waals surface area contributed by atoms with Crippen LogP contribution in [-0.2, 0) is 0 Å². The number of hydrogen-bond acceptors (Lipinski definition) is 2. The zero-order valence-electron chi connectivity index (χ0n) is 13.5. The van der Waals surface area contributed by atoms with E-state index >= 15 is 0 Å². The van der Waals surface area contributed by atoms with Gasteiger partial charge >= 0.3 is 0 Å². The van der Waals surface area contributed by atoms with E-state index < -0.39 is 0 Å². The number of fused-ring (bicyclic) bond motifs is 1. The molecular weight excluding hydrogens is 270 g/mol. The standard InChI is InChI=1S/C20H23NO/c1-15-13-20(2,3)21(18-12-8-7-11-17(15)18)14-19(22)16-9-5-4-6-10-16/h4-12,15H,13-14H2,1-3H3. The molecular formula is C20H23NO. The van der Waals surface area contributed by atoms with Gasteiger partial charge in [-0.1, -0.05) is 55.5 Å². The monoisotopic (exact) mass is 293 g/mol. The third kappa shape index (κ3) is 2.66. The van der Waals surface area contributed by atoms with E-state index in [1.807, 2.05) is 30.3 Å². The zero-order valence-corrected chi connectivity index (χ0v) is 13.5. The Morgan fingerprint density at radius 2 is 1.73 bits per heavy atom. The first-order valence-electron chi connectivity index (χ1n) is 7.94. The second-order valence-electron chi connectivity index (χ2n) is 6.85. The number of nitrogens with zero attached hydrogens (tertiary/aromatic N) is 1. The number of anilines is 1. The van der Waals surface area contributed by atoms with Crippen LogP contribution >= 0.6 is 0 Å². The minimum atomic E-state index is -0.0157. The molecule has 114 valence electrons. The quantitative estimate of drug-likeness (QED) is 0.767. The van der Waals surface area contributed by atoms with Crippen molar-refractivity contribution in [2.24, 2.45) is 0 Å². The van der Waals surface area contributed by atoms with Gasteiger partial charge in [-0.2, -0.15) is 0 Å². The van der Waals surface area contributed by atoms with Crippen LogP contribution in [-0.4, -0.2) is 17.9 Å². The fourth-order valence-corrected chi connectivity index (χ4v) is 3.60. The Bertz CT molecular complexity index is 675. The molecule has 0 N–H and O–H groups in total. The largest absolute Gasteiger partial charge is 0.358 e. The molecule has 3 rings (SSSR count). The number of Topliss-reactive ketones (excluding diaryl/α,β-unsaturated/α-hetero) is 1. The van der Waals surface area contributed by atoms with Crippen LogP contribution in [0.25, 0.3) is 0 Å². The molecule has 0 radical (unpaired) electrons. The molecule has 0 saturated heterocycles. The van der Waals surface area contributed by atoms with Crippen molar-refractivity contribution in [1.82, 2.24) is 0 Å². The highest BCUT2D eigenvalue weighted by Crippen LogP contribution is 2.42. The number of carbonyl (C=O) groups is 1. The van der Waals surface area contributed by atoms with Crippen molar-refractivity contribution < 1.29 is 4.79 Å². The summed E-state index contributed by atoms with van der Waals surface area (Å²) in [5.41, 5.74) is 3.32. The van der Waals surface area contributed by atoms with Crippen LogP contribution in [0.1, 0.15) is 49.0 Å².